The highest BCUT2D eigenvalue weighted by Crippen LogP contribution is 2.22. The molecule has 3 amide bonds. The summed E-state index contributed by atoms with van der Waals surface area (Å²) >= 11 is 11.7. The molecule has 1 unspecified atom stereocenters. The van der Waals surface area contributed by atoms with Crippen LogP contribution in [0, 0.1) is 0 Å². The lowest BCUT2D eigenvalue weighted by molar-refractivity contribution is -0.126. The van der Waals surface area contributed by atoms with Crippen LogP contribution in [0.15, 0.2) is 18.2 Å². The number of carbonyl (C=O) groups is 3. The van der Waals surface area contributed by atoms with Gasteiger partial charge in [-0.3, -0.25) is 19.7 Å². The average Bonchev–Trinajstić information content (AvgIpc) is 2.68. The number of nitrogens with one attached hydrogen (secondary N) is 1. The van der Waals surface area contributed by atoms with E-state index in [1.807, 2.05) is 0 Å². The first kappa shape index (κ1) is 14.8. The third-order valence-electron chi connectivity index (χ3n) is 3.03. The van der Waals surface area contributed by atoms with Gasteiger partial charge in [0.05, 0.1) is 6.42 Å². The van der Waals surface area contributed by atoms with Crippen molar-refractivity contribution < 1.29 is 14.4 Å². The Balaban J connectivity index is 2.29. The van der Waals surface area contributed by atoms with Gasteiger partial charge in [-0.05, 0) is 25.1 Å². The molecule has 5 nitrogen and oxygen atoms in total. The normalized spacial score (nSPS) is 18.1. The fraction of sp³-hybridized carbons (Fsp3) is 0.308. The SMILES string of the molecule is CCN(C(=O)c1cc(Cl)cc(Cl)c1)C1CC(=O)NC1=O. The van der Waals surface area contributed by atoms with Crippen molar-refractivity contribution in [3.8, 4) is 0 Å². The van der Waals surface area contributed by atoms with E-state index in [2.05, 4.69) is 5.32 Å². The fourth-order valence-electron chi connectivity index (χ4n) is 2.14. The van der Waals surface area contributed by atoms with Crippen molar-refractivity contribution in [1.29, 1.82) is 0 Å². The molecule has 1 saturated heterocycles. The molecular formula is C13H12Cl2N2O3. The first-order valence-electron chi connectivity index (χ1n) is 6.03. The highest BCUT2D eigenvalue weighted by atomic mass is 35.5. The third-order valence-corrected chi connectivity index (χ3v) is 3.47. The Kier molecular flexibility index (Phi) is 4.30. The molecule has 0 aromatic heterocycles. The van der Waals surface area contributed by atoms with Crippen molar-refractivity contribution in [2.45, 2.75) is 19.4 Å². The lowest BCUT2D eigenvalue weighted by Crippen LogP contribution is -2.44. The van der Waals surface area contributed by atoms with Gasteiger partial charge < -0.3 is 4.90 Å². The number of imide groups is 1. The minimum atomic E-state index is -0.780. The number of halogens is 2. The van der Waals surface area contributed by atoms with E-state index in [0.717, 1.165) is 0 Å². The van der Waals surface area contributed by atoms with Crippen molar-refractivity contribution in [3.63, 3.8) is 0 Å². The second kappa shape index (κ2) is 5.81. The van der Waals surface area contributed by atoms with Gasteiger partial charge in [-0.25, -0.2) is 0 Å². The second-order valence-corrected chi connectivity index (χ2v) is 5.25. The Labute approximate surface area is 125 Å². The van der Waals surface area contributed by atoms with Crippen LogP contribution in [0.5, 0.6) is 0 Å². The zero-order valence-electron chi connectivity index (χ0n) is 10.7. The van der Waals surface area contributed by atoms with Gasteiger partial charge in [0, 0.05) is 22.2 Å². The summed E-state index contributed by atoms with van der Waals surface area (Å²) in [5.41, 5.74) is 0.288. The van der Waals surface area contributed by atoms with Gasteiger partial charge in [-0.1, -0.05) is 23.2 Å². The highest BCUT2D eigenvalue weighted by Gasteiger charge is 2.37. The first-order chi connectivity index (χ1) is 9.42. The molecule has 1 aromatic carbocycles. The molecule has 1 fully saturated rings. The van der Waals surface area contributed by atoms with Crippen LogP contribution in [0.1, 0.15) is 23.7 Å². The van der Waals surface area contributed by atoms with E-state index in [1.54, 1.807) is 6.92 Å². The Morgan fingerprint density at radius 2 is 1.90 bits per heavy atom. The summed E-state index contributed by atoms with van der Waals surface area (Å²) in [6, 6.07) is 3.69. The monoisotopic (exact) mass is 314 g/mol. The summed E-state index contributed by atoms with van der Waals surface area (Å²) in [4.78, 5) is 36.7. The van der Waals surface area contributed by atoms with E-state index in [9.17, 15) is 14.4 Å². The lowest BCUT2D eigenvalue weighted by Gasteiger charge is -2.25. The molecule has 2 rings (SSSR count). The van der Waals surface area contributed by atoms with Crippen LogP contribution in [-0.2, 0) is 9.59 Å². The Morgan fingerprint density at radius 1 is 1.30 bits per heavy atom. The van der Waals surface area contributed by atoms with Crippen LogP contribution >= 0.6 is 23.2 Å². The summed E-state index contributed by atoms with van der Waals surface area (Å²) in [5.74, 6) is -1.22. The van der Waals surface area contributed by atoms with Crippen LogP contribution < -0.4 is 5.32 Å². The minimum absolute atomic E-state index is 0.0211. The average molecular weight is 315 g/mol. The van der Waals surface area contributed by atoms with E-state index in [4.69, 9.17) is 23.2 Å². The van der Waals surface area contributed by atoms with Gasteiger partial charge in [0.2, 0.25) is 11.8 Å². The summed E-state index contributed by atoms with van der Waals surface area (Å²) in [6.07, 6.45) is -0.0211. The van der Waals surface area contributed by atoms with Gasteiger partial charge in [-0.2, -0.15) is 0 Å². The zero-order valence-corrected chi connectivity index (χ0v) is 12.2. The van der Waals surface area contributed by atoms with Crippen molar-refractivity contribution in [1.82, 2.24) is 10.2 Å². The van der Waals surface area contributed by atoms with Gasteiger partial charge in [0.15, 0.2) is 0 Å². The maximum Gasteiger partial charge on any atom is 0.254 e. The number of carbonyl (C=O) groups excluding carboxylic acids is 3. The molecule has 106 valence electrons. The minimum Gasteiger partial charge on any atom is -0.326 e. The lowest BCUT2D eigenvalue weighted by atomic mass is 10.1. The Morgan fingerprint density at radius 3 is 2.35 bits per heavy atom. The molecule has 0 bridgehead atoms. The molecule has 7 heteroatoms. The molecule has 1 aliphatic heterocycles. The molecule has 1 atom stereocenters. The summed E-state index contributed by atoms with van der Waals surface area (Å²) in [7, 11) is 0. The van der Waals surface area contributed by atoms with E-state index >= 15 is 0 Å². The summed E-state index contributed by atoms with van der Waals surface area (Å²) < 4.78 is 0. The van der Waals surface area contributed by atoms with Crippen molar-refractivity contribution >= 4 is 40.9 Å². The van der Waals surface area contributed by atoms with Crippen LogP contribution in [0.3, 0.4) is 0 Å². The van der Waals surface area contributed by atoms with Crippen molar-refractivity contribution in [2.24, 2.45) is 0 Å². The molecule has 0 saturated carbocycles. The molecule has 1 heterocycles. The summed E-state index contributed by atoms with van der Waals surface area (Å²) in [6.45, 7) is 2.04. The topological polar surface area (TPSA) is 66.5 Å². The van der Waals surface area contributed by atoms with E-state index < -0.39 is 11.9 Å². The van der Waals surface area contributed by atoms with Crippen molar-refractivity contribution in [3.05, 3.63) is 33.8 Å². The number of hydrogen-bond acceptors (Lipinski definition) is 3. The Hall–Kier alpha value is -1.59. The second-order valence-electron chi connectivity index (χ2n) is 4.38. The molecular weight excluding hydrogens is 303 g/mol. The number of rotatable bonds is 3. The zero-order chi connectivity index (χ0) is 14.9. The van der Waals surface area contributed by atoms with Gasteiger partial charge in [-0.15, -0.1) is 0 Å². The van der Waals surface area contributed by atoms with Gasteiger partial charge in [0.25, 0.3) is 5.91 Å². The summed E-state index contributed by atoms with van der Waals surface area (Å²) in [5, 5.41) is 2.86. The quantitative estimate of drug-likeness (QED) is 0.866. The predicted molar refractivity (Wildman–Crippen MR) is 74.7 cm³/mol. The van der Waals surface area contributed by atoms with Crippen LogP contribution in [0.2, 0.25) is 10.0 Å². The molecule has 1 N–H and O–H groups in total. The van der Waals surface area contributed by atoms with Gasteiger partial charge in [0.1, 0.15) is 6.04 Å². The molecule has 1 aliphatic rings. The first-order valence-corrected chi connectivity index (χ1v) is 6.78. The van der Waals surface area contributed by atoms with E-state index in [-0.39, 0.29) is 23.8 Å². The maximum atomic E-state index is 12.4. The number of likely N-dealkylation sites (N-methyl/N-ethyl adjacent to an activating group) is 1. The fourth-order valence-corrected chi connectivity index (χ4v) is 2.67. The predicted octanol–water partition coefficient (Wildman–Crippen LogP) is 1.87. The van der Waals surface area contributed by atoms with Crippen molar-refractivity contribution in [2.75, 3.05) is 6.54 Å². The highest BCUT2D eigenvalue weighted by molar-refractivity contribution is 6.35. The smallest absolute Gasteiger partial charge is 0.254 e. The standard InChI is InChI=1S/C13H12Cl2N2O3/c1-2-17(10-6-11(18)16-12(10)19)13(20)7-3-8(14)5-9(15)4-7/h3-5,10H,2,6H2,1H3,(H,16,18,19). The van der Waals surface area contributed by atoms with E-state index in [0.29, 0.717) is 16.6 Å². The molecule has 0 radical (unpaired) electrons. The third kappa shape index (κ3) is 2.94. The molecule has 1 aromatic rings. The largest absolute Gasteiger partial charge is 0.326 e. The number of amides is 3. The van der Waals surface area contributed by atoms with E-state index in [1.165, 1.54) is 23.1 Å². The molecule has 20 heavy (non-hydrogen) atoms. The maximum absolute atomic E-state index is 12.4. The number of nitrogens with zero attached hydrogens (tertiary/aromatic N) is 1. The van der Waals surface area contributed by atoms with Crippen LogP contribution in [-0.4, -0.2) is 35.2 Å². The van der Waals surface area contributed by atoms with Crippen LogP contribution in [0.4, 0.5) is 0 Å². The number of benzene rings is 1. The van der Waals surface area contributed by atoms with Crippen LogP contribution in [0.25, 0.3) is 0 Å². The molecule has 0 aliphatic carbocycles. The van der Waals surface area contributed by atoms with Gasteiger partial charge >= 0.3 is 0 Å². The molecule has 0 spiro atoms. The number of hydrogen-bond donors (Lipinski definition) is 1. The Bertz CT molecular complexity index is 569.